The molecule has 5 N–H and O–H groups in total. The summed E-state index contributed by atoms with van der Waals surface area (Å²) >= 11 is 0. The highest BCUT2D eigenvalue weighted by atomic mass is 16.6. The zero-order valence-electron chi connectivity index (χ0n) is 12.2. The topological polar surface area (TPSA) is 122 Å². The second kappa shape index (κ2) is 6.34. The summed E-state index contributed by atoms with van der Waals surface area (Å²) in [5.74, 6) is -1.33. The van der Waals surface area contributed by atoms with Crippen molar-refractivity contribution >= 4 is 17.7 Å². The van der Waals surface area contributed by atoms with E-state index in [1.165, 1.54) is 12.1 Å². The molecule has 0 aliphatic rings. The number of carboxylic acid groups (broad SMARTS) is 1. The Morgan fingerprint density at radius 1 is 1.38 bits per heavy atom. The Morgan fingerprint density at radius 2 is 2.00 bits per heavy atom. The average Bonchev–Trinajstić information content (AvgIpc) is 2.30. The molecule has 0 fully saturated rings. The van der Waals surface area contributed by atoms with Crippen molar-refractivity contribution in [2.45, 2.75) is 38.8 Å². The number of nitrogen functional groups attached to an aromatic ring is 1. The molecular formula is C14H20N2O5. The van der Waals surface area contributed by atoms with Crippen molar-refractivity contribution in [3.8, 4) is 5.75 Å². The molecule has 7 nitrogen and oxygen atoms in total. The van der Waals surface area contributed by atoms with Crippen LogP contribution < -0.4 is 11.1 Å². The molecule has 0 saturated heterocycles. The lowest BCUT2D eigenvalue weighted by Crippen LogP contribution is -2.44. The van der Waals surface area contributed by atoms with Crippen molar-refractivity contribution < 1.29 is 24.5 Å². The number of benzene rings is 1. The number of carbonyl (C=O) groups is 2. The predicted molar refractivity (Wildman–Crippen MR) is 77.0 cm³/mol. The number of aliphatic carboxylic acids is 1. The van der Waals surface area contributed by atoms with E-state index in [-0.39, 0.29) is 17.9 Å². The Bertz CT molecular complexity index is 537. The number of aromatic hydroxyl groups is 1. The van der Waals surface area contributed by atoms with Crippen LogP contribution in [0.2, 0.25) is 0 Å². The molecule has 1 amide bonds. The maximum absolute atomic E-state index is 11.6. The zero-order valence-corrected chi connectivity index (χ0v) is 12.2. The molecule has 0 saturated carbocycles. The van der Waals surface area contributed by atoms with Crippen LogP contribution in [0.25, 0.3) is 0 Å². The van der Waals surface area contributed by atoms with E-state index in [0.717, 1.165) is 0 Å². The number of ether oxygens (including phenoxy) is 1. The summed E-state index contributed by atoms with van der Waals surface area (Å²) in [5, 5.41) is 20.9. The summed E-state index contributed by atoms with van der Waals surface area (Å²) in [5.41, 5.74) is 5.49. The molecule has 1 unspecified atom stereocenters. The molecule has 1 atom stereocenters. The smallest absolute Gasteiger partial charge is 0.408 e. The molecule has 0 bridgehead atoms. The second-order valence-electron chi connectivity index (χ2n) is 5.63. The number of carbonyl (C=O) groups excluding carboxylic acids is 1. The molecule has 0 aliphatic carbocycles. The number of phenolic OH excluding ortho intramolecular Hbond substituents is 1. The number of hydrogen-bond acceptors (Lipinski definition) is 5. The number of hydrogen-bond donors (Lipinski definition) is 4. The van der Waals surface area contributed by atoms with Crippen molar-refractivity contribution in [2.24, 2.45) is 0 Å². The number of phenols is 1. The quantitative estimate of drug-likeness (QED) is 0.493. The Kier molecular flexibility index (Phi) is 5.02. The van der Waals surface area contributed by atoms with Gasteiger partial charge in [-0.15, -0.1) is 0 Å². The molecule has 7 heteroatoms. The number of rotatable bonds is 4. The molecule has 1 aromatic rings. The van der Waals surface area contributed by atoms with E-state index < -0.39 is 23.7 Å². The number of amides is 1. The Labute approximate surface area is 122 Å². The fraction of sp³-hybridized carbons (Fsp3) is 0.429. The first-order valence-electron chi connectivity index (χ1n) is 6.38. The molecular weight excluding hydrogens is 276 g/mol. The third-order valence-electron chi connectivity index (χ3n) is 2.52. The minimum atomic E-state index is -1.20. The van der Waals surface area contributed by atoms with Crippen molar-refractivity contribution in [1.29, 1.82) is 0 Å². The van der Waals surface area contributed by atoms with E-state index in [0.29, 0.717) is 5.56 Å². The molecule has 1 rings (SSSR count). The SMILES string of the molecule is CC(C)(C)OC(=O)NC(Cc1ccc(N)c(O)c1)C(=O)O. The maximum atomic E-state index is 11.6. The number of nitrogens with one attached hydrogen (secondary N) is 1. The van der Waals surface area contributed by atoms with E-state index in [9.17, 15) is 14.7 Å². The summed E-state index contributed by atoms with van der Waals surface area (Å²) in [6.45, 7) is 5.04. The van der Waals surface area contributed by atoms with Gasteiger partial charge in [-0.25, -0.2) is 9.59 Å². The number of anilines is 1. The van der Waals surface area contributed by atoms with Crippen LogP contribution in [0.4, 0.5) is 10.5 Å². The van der Waals surface area contributed by atoms with Crippen LogP contribution >= 0.6 is 0 Å². The standard InChI is InChI=1S/C14H20N2O5/c1-14(2,3)21-13(20)16-10(12(18)19)6-8-4-5-9(15)11(17)7-8/h4-5,7,10,17H,6,15H2,1-3H3,(H,16,20)(H,18,19). The first-order chi connectivity index (χ1) is 9.58. The van der Waals surface area contributed by atoms with Crippen LogP contribution in [0, 0.1) is 0 Å². The van der Waals surface area contributed by atoms with Crippen LogP contribution in [0.1, 0.15) is 26.3 Å². The minimum Gasteiger partial charge on any atom is -0.506 e. The minimum absolute atomic E-state index is 0.00240. The van der Waals surface area contributed by atoms with E-state index in [1.807, 2.05) is 0 Å². The van der Waals surface area contributed by atoms with Crippen LogP contribution in [-0.4, -0.2) is 33.9 Å². The molecule has 0 radical (unpaired) electrons. The lowest BCUT2D eigenvalue weighted by Gasteiger charge is -2.22. The van der Waals surface area contributed by atoms with Gasteiger partial charge in [0.05, 0.1) is 5.69 Å². The highest BCUT2D eigenvalue weighted by molar-refractivity contribution is 5.80. The Balaban J connectivity index is 2.76. The highest BCUT2D eigenvalue weighted by Crippen LogP contribution is 2.21. The van der Waals surface area contributed by atoms with E-state index >= 15 is 0 Å². The lowest BCUT2D eigenvalue weighted by molar-refractivity contribution is -0.139. The van der Waals surface area contributed by atoms with E-state index in [2.05, 4.69) is 5.32 Å². The van der Waals surface area contributed by atoms with E-state index in [1.54, 1.807) is 26.8 Å². The first kappa shape index (κ1) is 16.6. The van der Waals surface area contributed by atoms with Gasteiger partial charge in [-0.3, -0.25) is 0 Å². The van der Waals surface area contributed by atoms with Crippen LogP contribution in [0.15, 0.2) is 18.2 Å². The summed E-state index contributed by atoms with van der Waals surface area (Å²) in [6.07, 6.45) is -0.808. The summed E-state index contributed by atoms with van der Waals surface area (Å²) in [7, 11) is 0. The van der Waals surface area contributed by atoms with Crippen molar-refractivity contribution in [3.05, 3.63) is 23.8 Å². The molecule has 0 aliphatic heterocycles. The van der Waals surface area contributed by atoms with Gasteiger partial charge in [-0.2, -0.15) is 0 Å². The van der Waals surface area contributed by atoms with Crippen LogP contribution in [0.5, 0.6) is 5.75 Å². The van der Waals surface area contributed by atoms with Crippen molar-refractivity contribution in [1.82, 2.24) is 5.32 Å². The van der Waals surface area contributed by atoms with Gasteiger partial charge in [0.2, 0.25) is 0 Å². The zero-order chi connectivity index (χ0) is 16.2. The molecule has 0 heterocycles. The van der Waals surface area contributed by atoms with Gasteiger partial charge in [0.1, 0.15) is 17.4 Å². The van der Waals surface area contributed by atoms with Gasteiger partial charge < -0.3 is 26.0 Å². The predicted octanol–water partition coefficient (Wildman–Crippen LogP) is 1.49. The maximum Gasteiger partial charge on any atom is 0.408 e. The summed E-state index contributed by atoms with van der Waals surface area (Å²) < 4.78 is 5.02. The van der Waals surface area contributed by atoms with Crippen molar-refractivity contribution in [2.75, 3.05) is 5.73 Å². The fourth-order valence-corrected chi connectivity index (χ4v) is 1.60. The lowest BCUT2D eigenvalue weighted by atomic mass is 10.1. The van der Waals surface area contributed by atoms with Gasteiger partial charge in [0.15, 0.2) is 0 Å². The van der Waals surface area contributed by atoms with Gasteiger partial charge in [0, 0.05) is 6.42 Å². The molecule has 0 aromatic heterocycles. The normalized spacial score (nSPS) is 12.5. The monoisotopic (exact) mass is 296 g/mol. The number of carboxylic acids is 1. The summed E-state index contributed by atoms with van der Waals surface area (Å²) in [6, 6.07) is 3.25. The first-order valence-corrected chi connectivity index (χ1v) is 6.38. The third-order valence-corrected chi connectivity index (χ3v) is 2.52. The van der Waals surface area contributed by atoms with Gasteiger partial charge in [-0.05, 0) is 38.5 Å². The summed E-state index contributed by atoms with van der Waals surface area (Å²) in [4.78, 5) is 22.8. The van der Waals surface area contributed by atoms with Crippen LogP contribution in [0.3, 0.4) is 0 Å². The number of nitrogens with two attached hydrogens (primary N) is 1. The second-order valence-corrected chi connectivity index (χ2v) is 5.63. The van der Waals surface area contributed by atoms with Crippen LogP contribution in [-0.2, 0) is 16.0 Å². The largest absolute Gasteiger partial charge is 0.506 e. The Morgan fingerprint density at radius 3 is 2.48 bits per heavy atom. The average molecular weight is 296 g/mol. The van der Waals surface area contributed by atoms with E-state index in [4.69, 9.17) is 15.6 Å². The molecule has 116 valence electrons. The Hall–Kier alpha value is -2.44. The number of alkyl carbamates (subject to hydrolysis) is 1. The van der Waals surface area contributed by atoms with Gasteiger partial charge >= 0.3 is 12.1 Å². The van der Waals surface area contributed by atoms with Gasteiger partial charge in [0.25, 0.3) is 0 Å². The highest BCUT2D eigenvalue weighted by Gasteiger charge is 2.24. The fourth-order valence-electron chi connectivity index (χ4n) is 1.60. The molecule has 0 spiro atoms. The molecule has 1 aromatic carbocycles. The molecule has 21 heavy (non-hydrogen) atoms. The van der Waals surface area contributed by atoms with Gasteiger partial charge in [-0.1, -0.05) is 6.07 Å². The van der Waals surface area contributed by atoms with Crippen molar-refractivity contribution in [3.63, 3.8) is 0 Å². The third kappa shape index (κ3) is 5.60.